The zero-order valence-corrected chi connectivity index (χ0v) is 24.1. The monoisotopic (exact) mass is 516 g/mol. The van der Waals surface area contributed by atoms with Gasteiger partial charge in [0.25, 0.3) is 5.91 Å². The fourth-order valence-electron chi connectivity index (χ4n) is 5.01. The highest BCUT2D eigenvalue weighted by atomic mass is 16.3. The number of aliphatic hydroxyl groups is 1. The highest BCUT2D eigenvalue weighted by molar-refractivity contribution is 5.94. The molecule has 4 nitrogen and oxygen atoms in total. The first-order valence-electron chi connectivity index (χ1n) is 14.7. The van der Waals surface area contributed by atoms with E-state index in [4.69, 9.17) is 0 Å². The number of aliphatic hydroxyl groups excluding tert-OH is 1. The Morgan fingerprint density at radius 3 is 2.26 bits per heavy atom. The Kier molecular flexibility index (Phi) is 12.4. The van der Waals surface area contributed by atoms with Crippen molar-refractivity contribution >= 4 is 5.91 Å². The van der Waals surface area contributed by atoms with E-state index in [2.05, 4.69) is 66.7 Å². The van der Waals surface area contributed by atoms with Crippen LogP contribution >= 0.6 is 0 Å². The minimum Gasteiger partial charge on any atom is -0.392 e. The van der Waals surface area contributed by atoms with Gasteiger partial charge in [0, 0.05) is 43.2 Å². The van der Waals surface area contributed by atoms with E-state index in [-0.39, 0.29) is 11.9 Å². The summed E-state index contributed by atoms with van der Waals surface area (Å²) in [5, 5.41) is 9.43. The lowest BCUT2D eigenvalue weighted by molar-refractivity contribution is 0.0546. The molecule has 0 aliphatic carbocycles. The maximum Gasteiger partial charge on any atom is 0.254 e. The zero-order valence-electron chi connectivity index (χ0n) is 24.1. The summed E-state index contributed by atoms with van der Waals surface area (Å²) in [6.07, 6.45) is 8.05. The molecule has 206 valence electrons. The number of rotatable bonds is 12. The molecule has 1 aliphatic heterocycles. The second-order valence-electron chi connectivity index (χ2n) is 11.4. The molecule has 1 N–H and O–H groups in total. The van der Waals surface area contributed by atoms with Crippen molar-refractivity contribution in [2.45, 2.75) is 97.8 Å². The molecule has 2 aromatic rings. The van der Waals surface area contributed by atoms with Crippen LogP contribution in [-0.2, 0) is 13.0 Å². The van der Waals surface area contributed by atoms with Gasteiger partial charge in [-0.1, -0.05) is 69.7 Å². The molecule has 0 spiro atoms. The van der Waals surface area contributed by atoms with Crippen LogP contribution in [0.15, 0.2) is 48.5 Å². The number of hydrogen-bond acceptors (Lipinski definition) is 3. The second kappa shape index (κ2) is 15.7. The minimum atomic E-state index is -0.413. The summed E-state index contributed by atoms with van der Waals surface area (Å²) in [6, 6.07) is 16.8. The first-order valence-corrected chi connectivity index (χ1v) is 14.7. The summed E-state index contributed by atoms with van der Waals surface area (Å²) < 4.78 is 0. The maximum absolute atomic E-state index is 13.9. The molecular weight excluding hydrogens is 468 g/mol. The number of amides is 1. The summed E-state index contributed by atoms with van der Waals surface area (Å²) >= 11 is 0. The summed E-state index contributed by atoms with van der Waals surface area (Å²) in [6.45, 7) is 12.4. The van der Waals surface area contributed by atoms with Gasteiger partial charge in [-0.3, -0.25) is 4.79 Å². The van der Waals surface area contributed by atoms with Crippen LogP contribution in [0, 0.1) is 17.8 Å². The van der Waals surface area contributed by atoms with Gasteiger partial charge in [-0.15, -0.1) is 0 Å². The standard InChI is InChI=1S/C34H48N2O2/c1-5-6-7-10-29-16-18-32(19-17-29)34(38)36(33-21-24-35(25-22-33)23-20-27(2)3)26-31-14-12-30(13-15-31)11-8-9-28(4)37/h12-19,27-28,33,37H,5-7,9-10,20-26H2,1-4H3. The first kappa shape index (κ1) is 29.9. The first-order chi connectivity index (χ1) is 18.4. The fourth-order valence-corrected chi connectivity index (χ4v) is 5.01. The van der Waals surface area contributed by atoms with E-state index in [1.54, 1.807) is 6.92 Å². The molecule has 1 aliphatic rings. The van der Waals surface area contributed by atoms with Crippen LogP contribution < -0.4 is 0 Å². The number of nitrogens with zero attached hydrogens (tertiary/aromatic N) is 2. The number of unbranched alkanes of at least 4 members (excludes halogenated alkanes) is 2. The highest BCUT2D eigenvalue weighted by Gasteiger charge is 2.28. The zero-order chi connectivity index (χ0) is 27.3. The molecule has 1 saturated heterocycles. The third-order valence-electron chi connectivity index (χ3n) is 7.49. The van der Waals surface area contributed by atoms with Crippen LogP contribution in [0.25, 0.3) is 0 Å². The Hall–Kier alpha value is -2.61. The summed E-state index contributed by atoms with van der Waals surface area (Å²) in [5.41, 5.74) is 4.15. The molecule has 0 bridgehead atoms. The average molecular weight is 517 g/mol. The summed E-state index contributed by atoms with van der Waals surface area (Å²) in [5.74, 6) is 6.99. The van der Waals surface area contributed by atoms with Crippen molar-refractivity contribution in [2.24, 2.45) is 5.92 Å². The minimum absolute atomic E-state index is 0.131. The molecule has 0 radical (unpaired) electrons. The fraction of sp³-hybridized carbons (Fsp3) is 0.559. The molecule has 1 fully saturated rings. The van der Waals surface area contributed by atoms with Crippen molar-refractivity contribution in [1.29, 1.82) is 0 Å². The Morgan fingerprint density at radius 1 is 1.00 bits per heavy atom. The molecule has 0 aromatic heterocycles. The number of likely N-dealkylation sites (tertiary alicyclic amines) is 1. The number of hydrogen-bond donors (Lipinski definition) is 1. The van der Waals surface area contributed by atoms with Gasteiger partial charge in [-0.05, 0) is 86.9 Å². The van der Waals surface area contributed by atoms with E-state index in [9.17, 15) is 9.90 Å². The van der Waals surface area contributed by atoms with Crippen molar-refractivity contribution in [3.8, 4) is 11.8 Å². The Labute approximate surface area is 231 Å². The summed E-state index contributed by atoms with van der Waals surface area (Å²) in [7, 11) is 0. The van der Waals surface area contributed by atoms with Gasteiger partial charge in [0.15, 0.2) is 0 Å². The summed E-state index contributed by atoms with van der Waals surface area (Å²) in [4.78, 5) is 18.5. The molecule has 1 amide bonds. The van der Waals surface area contributed by atoms with Crippen LogP contribution in [0.3, 0.4) is 0 Å². The Balaban J connectivity index is 1.72. The highest BCUT2D eigenvalue weighted by Crippen LogP contribution is 2.23. The van der Waals surface area contributed by atoms with Crippen LogP contribution in [0.2, 0.25) is 0 Å². The van der Waals surface area contributed by atoms with E-state index in [1.165, 1.54) is 31.2 Å². The topological polar surface area (TPSA) is 43.8 Å². The molecule has 2 aromatic carbocycles. The van der Waals surface area contributed by atoms with Crippen molar-refractivity contribution in [3.63, 3.8) is 0 Å². The molecule has 38 heavy (non-hydrogen) atoms. The lowest BCUT2D eigenvalue weighted by Gasteiger charge is -2.39. The van der Waals surface area contributed by atoms with Gasteiger partial charge >= 0.3 is 0 Å². The molecule has 4 heteroatoms. The Bertz CT molecular complexity index is 1020. The predicted octanol–water partition coefficient (Wildman–Crippen LogP) is 6.69. The van der Waals surface area contributed by atoms with E-state index in [0.717, 1.165) is 61.5 Å². The van der Waals surface area contributed by atoms with E-state index >= 15 is 0 Å². The van der Waals surface area contributed by atoms with Crippen molar-refractivity contribution in [3.05, 3.63) is 70.8 Å². The number of carbonyl (C=O) groups is 1. The molecular formula is C34H48N2O2. The lowest BCUT2D eigenvalue weighted by Crippen LogP contribution is -2.47. The van der Waals surface area contributed by atoms with Crippen LogP contribution in [0.4, 0.5) is 0 Å². The number of aryl methyl sites for hydroxylation is 1. The third kappa shape index (κ3) is 9.93. The van der Waals surface area contributed by atoms with Gasteiger partial charge < -0.3 is 14.9 Å². The Morgan fingerprint density at radius 2 is 1.66 bits per heavy atom. The molecule has 1 heterocycles. The predicted molar refractivity (Wildman–Crippen MR) is 158 cm³/mol. The van der Waals surface area contributed by atoms with Gasteiger partial charge in [-0.25, -0.2) is 0 Å². The second-order valence-corrected chi connectivity index (χ2v) is 11.4. The maximum atomic E-state index is 13.9. The number of carbonyl (C=O) groups excluding carboxylic acids is 1. The number of benzene rings is 2. The number of piperidine rings is 1. The van der Waals surface area contributed by atoms with Crippen LogP contribution in [0.1, 0.15) is 99.7 Å². The molecule has 1 atom stereocenters. The molecule has 0 saturated carbocycles. The van der Waals surface area contributed by atoms with Gasteiger partial charge in [0.2, 0.25) is 0 Å². The molecule has 1 unspecified atom stereocenters. The third-order valence-corrected chi connectivity index (χ3v) is 7.49. The van der Waals surface area contributed by atoms with Crippen molar-refractivity contribution in [2.75, 3.05) is 19.6 Å². The van der Waals surface area contributed by atoms with E-state index < -0.39 is 6.10 Å². The average Bonchev–Trinajstić information content (AvgIpc) is 2.92. The van der Waals surface area contributed by atoms with E-state index in [0.29, 0.717) is 13.0 Å². The normalized spacial score (nSPS) is 15.2. The van der Waals surface area contributed by atoms with Gasteiger partial charge in [0.05, 0.1) is 6.10 Å². The van der Waals surface area contributed by atoms with Crippen LogP contribution in [0.5, 0.6) is 0 Å². The van der Waals surface area contributed by atoms with Gasteiger partial charge in [-0.2, -0.15) is 0 Å². The van der Waals surface area contributed by atoms with Crippen molar-refractivity contribution in [1.82, 2.24) is 9.80 Å². The smallest absolute Gasteiger partial charge is 0.254 e. The van der Waals surface area contributed by atoms with E-state index in [1.807, 2.05) is 24.3 Å². The van der Waals surface area contributed by atoms with Gasteiger partial charge in [0.1, 0.15) is 0 Å². The quantitative estimate of drug-likeness (QED) is 0.252. The molecule has 3 rings (SSSR count). The largest absolute Gasteiger partial charge is 0.392 e. The lowest BCUT2D eigenvalue weighted by atomic mass is 9.99. The van der Waals surface area contributed by atoms with Crippen LogP contribution in [-0.4, -0.2) is 52.6 Å². The SMILES string of the molecule is CCCCCc1ccc(C(=O)N(Cc2ccc(C#CCC(C)O)cc2)C2CCN(CCC(C)C)CC2)cc1. The van der Waals surface area contributed by atoms with Crippen molar-refractivity contribution < 1.29 is 9.90 Å².